The maximum atomic E-state index is 9.65. The molecule has 0 fully saturated rings. The Morgan fingerprint density at radius 1 is 1.88 bits per heavy atom. The Morgan fingerprint density at radius 2 is 2.50 bits per heavy atom. The zero-order chi connectivity index (χ0) is 6.41. The van der Waals surface area contributed by atoms with Crippen molar-refractivity contribution in [2.45, 2.75) is 6.92 Å². The molecule has 0 aliphatic heterocycles. The van der Waals surface area contributed by atoms with Gasteiger partial charge in [-0.2, -0.15) is 0 Å². The topological polar surface area (TPSA) is 55.1 Å². The van der Waals surface area contributed by atoms with Gasteiger partial charge in [0.15, 0.2) is 0 Å². The SMILES string of the molecule is C/C(N)=C/NCC=O. The normalized spacial score (nSPS) is 10.9. The van der Waals surface area contributed by atoms with Crippen LogP contribution in [0.5, 0.6) is 0 Å². The Balaban J connectivity index is 3.15. The van der Waals surface area contributed by atoms with E-state index in [1.54, 1.807) is 13.1 Å². The van der Waals surface area contributed by atoms with Crippen LogP contribution in [-0.4, -0.2) is 12.8 Å². The fourth-order valence-corrected chi connectivity index (χ4v) is 0.268. The summed E-state index contributed by atoms with van der Waals surface area (Å²) in [6, 6.07) is 0. The summed E-state index contributed by atoms with van der Waals surface area (Å²) in [5, 5.41) is 2.68. The summed E-state index contributed by atoms with van der Waals surface area (Å²) in [5.74, 6) is 0. The average molecular weight is 114 g/mol. The fraction of sp³-hybridized carbons (Fsp3) is 0.400. The smallest absolute Gasteiger partial charge is 0.139 e. The van der Waals surface area contributed by atoms with Crippen LogP contribution in [0, 0.1) is 0 Å². The molecule has 0 atom stereocenters. The number of allylic oxidation sites excluding steroid dienone is 1. The van der Waals surface area contributed by atoms with E-state index in [-0.39, 0.29) is 0 Å². The van der Waals surface area contributed by atoms with E-state index >= 15 is 0 Å². The molecular weight excluding hydrogens is 104 g/mol. The van der Waals surface area contributed by atoms with Gasteiger partial charge in [0.25, 0.3) is 0 Å². The van der Waals surface area contributed by atoms with E-state index < -0.39 is 0 Å². The van der Waals surface area contributed by atoms with Crippen LogP contribution < -0.4 is 11.1 Å². The van der Waals surface area contributed by atoms with Gasteiger partial charge in [0.2, 0.25) is 0 Å². The van der Waals surface area contributed by atoms with Crippen molar-refractivity contribution in [1.82, 2.24) is 5.32 Å². The second-order valence-corrected chi connectivity index (χ2v) is 1.46. The maximum Gasteiger partial charge on any atom is 0.139 e. The molecule has 46 valence electrons. The molecule has 3 nitrogen and oxygen atoms in total. The first kappa shape index (κ1) is 7.01. The Hall–Kier alpha value is -0.990. The van der Waals surface area contributed by atoms with Crippen molar-refractivity contribution >= 4 is 6.29 Å². The van der Waals surface area contributed by atoms with E-state index in [2.05, 4.69) is 5.32 Å². The van der Waals surface area contributed by atoms with Gasteiger partial charge >= 0.3 is 0 Å². The highest BCUT2D eigenvalue weighted by Gasteiger charge is 1.74. The highest BCUT2D eigenvalue weighted by atomic mass is 16.1. The molecule has 0 aromatic heterocycles. The van der Waals surface area contributed by atoms with Crippen LogP contribution in [0.25, 0.3) is 0 Å². The van der Waals surface area contributed by atoms with E-state index in [0.29, 0.717) is 12.2 Å². The van der Waals surface area contributed by atoms with Gasteiger partial charge in [0, 0.05) is 11.9 Å². The van der Waals surface area contributed by atoms with Crippen molar-refractivity contribution < 1.29 is 4.79 Å². The molecule has 0 aromatic rings. The molecule has 0 saturated carbocycles. The van der Waals surface area contributed by atoms with Crippen molar-refractivity contribution in [2.24, 2.45) is 5.73 Å². The zero-order valence-corrected chi connectivity index (χ0v) is 4.85. The highest BCUT2D eigenvalue weighted by Crippen LogP contribution is 1.70. The molecule has 0 heterocycles. The summed E-state index contributed by atoms with van der Waals surface area (Å²) in [6.45, 7) is 2.08. The molecule has 0 radical (unpaired) electrons. The van der Waals surface area contributed by atoms with E-state index in [1.807, 2.05) is 0 Å². The predicted molar refractivity (Wildman–Crippen MR) is 32.0 cm³/mol. The number of aldehydes is 1. The van der Waals surface area contributed by atoms with Crippen LogP contribution in [0.4, 0.5) is 0 Å². The first-order chi connectivity index (χ1) is 3.77. The molecule has 0 bridgehead atoms. The van der Waals surface area contributed by atoms with E-state index in [1.165, 1.54) is 0 Å². The maximum absolute atomic E-state index is 9.65. The third-order valence-corrected chi connectivity index (χ3v) is 0.531. The van der Waals surface area contributed by atoms with E-state index in [0.717, 1.165) is 6.29 Å². The lowest BCUT2D eigenvalue weighted by Gasteiger charge is -1.90. The van der Waals surface area contributed by atoms with E-state index in [4.69, 9.17) is 5.73 Å². The summed E-state index contributed by atoms with van der Waals surface area (Å²) in [6.07, 6.45) is 2.37. The van der Waals surface area contributed by atoms with Crippen LogP contribution in [-0.2, 0) is 4.79 Å². The van der Waals surface area contributed by atoms with Gasteiger partial charge in [0.05, 0.1) is 6.54 Å². The number of rotatable bonds is 3. The lowest BCUT2D eigenvalue weighted by molar-refractivity contribution is -0.107. The molecule has 0 unspecified atom stereocenters. The summed E-state index contributed by atoms with van der Waals surface area (Å²) < 4.78 is 0. The van der Waals surface area contributed by atoms with Crippen molar-refractivity contribution in [3.63, 3.8) is 0 Å². The number of nitrogens with one attached hydrogen (secondary N) is 1. The monoisotopic (exact) mass is 114 g/mol. The lowest BCUT2D eigenvalue weighted by atomic mass is 10.5. The Bertz CT molecular complexity index is 94.6. The second kappa shape index (κ2) is 4.18. The summed E-state index contributed by atoms with van der Waals surface area (Å²) in [4.78, 5) is 9.65. The van der Waals surface area contributed by atoms with Crippen LogP contribution in [0.15, 0.2) is 11.9 Å². The molecule has 8 heavy (non-hydrogen) atoms. The lowest BCUT2D eigenvalue weighted by Crippen LogP contribution is -2.10. The average Bonchev–Trinajstić information content (AvgIpc) is 1.66. The molecular formula is C5H10N2O. The third kappa shape index (κ3) is 5.01. The van der Waals surface area contributed by atoms with Crippen molar-refractivity contribution in [3.8, 4) is 0 Å². The quantitative estimate of drug-likeness (QED) is 0.387. The number of carbonyl (C=O) groups excluding carboxylic acids is 1. The van der Waals surface area contributed by atoms with E-state index in [9.17, 15) is 4.79 Å². The van der Waals surface area contributed by atoms with Crippen molar-refractivity contribution in [1.29, 1.82) is 0 Å². The summed E-state index contributed by atoms with van der Waals surface area (Å²) >= 11 is 0. The highest BCUT2D eigenvalue weighted by molar-refractivity contribution is 5.52. The van der Waals surface area contributed by atoms with Gasteiger partial charge in [0.1, 0.15) is 6.29 Å². The molecule has 0 saturated heterocycles. The molecule has 3 heteroatoms. The van der Waals surface area contributed by atoms with Gasteiger partial charge in [-0.25, -0.2) is 0 Å². The minimum absolute atomic E-state index is 0.328. The van der Waals surface area contributed by atoms with Gasteiger partial charge in [-0.05, 0) is 6.92 Å². The van der Waals surface area contributed by atoms with Crippen LogP contribution >= 0.6 is 0 Å². The first-order valence-corrected chi connectivity index (χ1v) is 2.36. The molecule has 0 spiro atoms. The number of hydrogen-bond donors (Lipinski definition) is 2. The van der Waals surface area contributed by atoms with Crippen molar-refractivity contribution in [2.75, 3.05) is 6.54 Å². The minimum Gasteiger partial charge on any atom is -0.401 e. The van der Waals surface area contributed by atoms with Crippen LogP contribution in [0.1, 0.15) is 6.92 Å². The van der Waals surface area contributed by atoms with Crippen molar-refractivity contribution in [3.05, 3.63) is 11.9 Å². The first-order valence-electron chi connectivity index (χ1n) is 2.36. The molecule has 0 aromatic carbocycles. The number of carbonyl (C=O) groups is 1. The van der Waals surface area contributed by atoms with Gasteiger partial charge in [-0.1, -0.05) is 0 Å². The standard InChI is InChI=1S/C5H10N2O/c1-5(6)4-7-2-3-8/h3-4,7H,2,6H2,1H3/b5-4-. The Morgan fingerprint density at radius 3 is 2.88 bits per heavy atom. The Kier molecular flexibility index (Phi) is 3.66. The molecule has 0 rings (SSSR count). The van der Waals surface area contributed by atoms with Crippen LogP contribution in [0.2, 0.25) is 0 Å². The number of nitrogens with two attached hydrogens (primary N) is 1. The number of hydrogen-bond acceptors (Lipinski definition) is 3. The van der Waals surface area contributed by atoms with Crippen LogP contribution in [0.3, 0.4) is 0 Å². The van der Waals surface area contributed by atoms with Gasteiger partial charge in [-0.3, -0.25) is 0 Å². The molecule has 0 aliphatic carbocycles. The predicted octanol–water partition coefficient (Wildman–Crippen LogP) is -0.405. The molecule has 3 N–H and O–H groups in total. The zero-order valence-electron chi connectivity index (χ0n) is 4.85. The third-order valence-electron chi connectivity index (χ3n) is 0.531. The summed E-state index contributed by atoms with van der Waals surface area (Å²) in [7, 11) is 0. The minimum atomic E-state index is 0.328. The summed E-state index contributed by atoms with van der Waals surface area (Å²) in [5.41, 5.74) is 5.89. The molecule has 0 amide bonds. The largest absolute Gasteiger partial charge is 0.401 e. The van der Waals surface area contributed by atoms with Gasteiger partial charge in [-0.15, -0.1) is 0 Å². The molecule has 0 aliphatic rings. The Labute approximate surface area is 48.6 Å². The fourth-order valence-electron chi connectivity index (χ4n) is 0.268. The second-order valence-electron chi connectivity index (χ2n) is 1.46. The van der Waals surface area contributed by atoms with Gasteiger partial charge < -0.3 is 15.8 Å².